The molecule has 1 aromatic rings. The number of nitrogens with one attached hydrogen (secondary N) is 1. The fourth-order valence-electron chi connectivity index (χ4n) is 4.38. The van der Waals surface area contributed by atoms with Gasteiger partial charge in [-0.15, -0.1) is 12.3 Å². The second kappa shape index (κ2) is 14.9. The summed E-state index contributed by atoms with van der Waals surface area (Å²) >= 11 is 0. The normalized spacial score (nSPS) is 24.7. The predicted molar refractivity (Wildman–Crippen MR) is 143 cm³/mol. The summed E-state index contributed by atoms with van der Waals surface area (Å²) in [5.41, 5.74) is -0.215. The van der Waals surface area contributed by atoms with E-state index in [9.17, 15) is 9.59 Å². The number of hydrogen-bond donors (Lipinski definition) is 1. The minimum absolute atomic E-state index is 0.0559. The highest BCUT2D eigenvalue weighted by atomic mass is 31.2. The van der Waals surface area contributed by atoms with Gasteiger partial charge in [-0.3, -0.25) is 14.3 Å². The molecule has 12 nitrogen and oxygen atoms in total. The SMILES string of the molecule is C#CCCOP(OC1C(OC)[C@H](n2ccc(=O)[nH]c2=O)O[C@@H]1CON=C1CCOCC1)N(C(C)C)C(C)C. The fraction of sp³-hybridized carbons (Fsp3) is 0.720. The first kappa shape index (κ1) is 30.4. The highest BCUT2D eigenvalue weighted by molar-refractivity contribution is 7.44. The second-order valence-electron chi connectivity index (χ2n) is 9.51. The second-order valence-corrected chi connectivity index (χ2v) is 10.9. The zero-order valence-electron chi connectivity index (χ0n) is 22.7. The molecule has 0 amide bonds. The number of aromatic amines is 1. The first-order valence-electron chi connectivity index (χ1n) is 12.8. The van der Waals surface area contributed by atoms with Crippen molar-refractivity contribution in [3.8, 4) is 12.3 Å². The molecule has 2 saturated heterocycles. The molecule has 2 fully saturated rings. The summed E-state index contributed by atoms with van der Waals surface area (Å²) in [5, 5.41) is 4.28. The Morgan fingerprint density at radius 3 is 2.55 bits per heavy atom. The van der Waals surface area contributed by atoms with Crippen LogP contribution in [0.5, 0.6) is 0 Å². The quantitative estimate of drug-likeness (QED) is 0.169. The maximum absolute atomic E-state index is 12.6. The van der Waals surface area contributed by atoms with Gasteiger partial charge in [-0.2, -0.15) is 0 Å². The van der Waals surface area contributed by atoms with Crippen molar-refractivity contribution >= 4 is 14.2 Å². The lowest BCUT2D eigenvalue weighted by Crippen LogP contribution is -2.42. The Kier molecular flexibility index (Phi) is 11.9. The largest absolute Gasteiger partial charge is 0.393 e. The molecule has 3 rings (SSSR count). The van der Waals surface area contributed by atoms with Crippen LogP contribution in [-0.4, -0.2) is 83.9 Å². The summed E-state index contributed by atoms with van der Waals surface area (Å²) in [6, 6.07) is 1.48. The Bertz CT molecular complexity index is 1050. The number of H-pyrrole nitrogens is 1. The molecule has 212 valence electrons. The van der Waals surface area contributed by atoms with Gasteiger partial charge in [0, 0.05) is 50.7 Å². The van der Waals surface area contributed by atoms with Crippen LogP contribution in [0.15, 0.2) is 27.0 Å². The topological polar surface area (TPSA) is 126 Å². The van der Waals surface area contributed by atoms with Gasteiger partial charge in [0.15, 0.2) is 6.23 Å². The maximum atomic E-state index is 12.6. The van der Waals surface area contributed by atoms with Crippen LogP contribution in [0.25, 0.3) is 0 Å². The van der Waals surface area contributed by atoms with E-state index in [2.05, 4.69) is 48.4 Å². The molecule has 1 aromatic heterocycles. The van der Waals surface area contributed by atoms with Gasteiger partial charge in [0.1, 0.15) is 24.9 Å². The van der Waals surface area contributed by atoms with Crippen LogP contribution < -0.4 is 11.2 Å². The molecule has 13 heteroatoms. The van der Waals surface area contributed by atoms with Crippen LogP contribution in [0.3, 0.4) is 0 Å². The molecule has 0 radical (unpaired) electrons. The third-order valence-corrected chi connectivity index (χ3v) is 8.22. The fourth-order valence-corrected chi connectivity index (χ4v) is 6.15. The molecule has 0 aliphatic carbocycles. The molecular formula is C25H39N4O8P. The van der Waals surface area contributed by atoms with Gasteiger partial charge in [0.2, 0.25) is 0 Å². The molecule has 2 aliphatic heterocycles. The van der Waals surface area contributed by atoms with Gasteiger partial charge in [0.05, 0.1) is 25.5 Å². The van der Waals surface area contributed by atoms with Crippen molar-refractivity contribution in [1.82, 2.24) is 14.2 Å². The van der Waals surface area contributed by atoms with E-state index in [0.717, 1.165) is 5.71 Å². The van der Waals surface area contributed by atoms with Crippen LogP contribution in [-0.2, 0) is 28.1 Å². The lowest BCUT2D eigenvalue weighted by molar-refractivity contribution is -0.0718. The summed E-state index contributed by atoms with van der Waals surface area (Å²) in [5.74, 6) is 2.59. The van der Waals surface area contributed by atoms with Gasteiger partial charge in [-0.05, 0) is 27.7 Å². The van der Waals surface area contributed by atoms with E-state index in [-0.39, 0.29) is 18.7 Å². The van der Waals surface area contributed by atoms with E-state index in [0.29, 0.717) is 39.1 Å². The molecule has 2 aliphatic rings. The third-order valence-electron chi connectivity index (χ3n) is 6.09. The van der Waals surface area contributed by atoms with Crippen molar-refractivity contribution < 1.29 is 28.1 Å². The van der Waals surface area contributed by atoms with Crippen LogP contribution in [0.1, 0.15) is 53.2 Å². The average Bonchev–Trinajstić information content (AvgIpc) is 3.21. The third kappa shape index (κ3) is 7.96. The summed E-state index contributed by atoms with van der Waals surface area (Å²) in [6.07, 6.45) is 5.73. The van der Waals surface area contributed by atoms with Gasteiger partial charge in [0.25, 0.3) is 14.1 Å². The number of rotatable bonds is 13. The van der Waals surface area contributed by atoms with Crippen molar-refractivity contribution in [2.75, 3.05) is 33.5 Å². The molecular weight excluding hydrogens is 515 g/mol. The van der Waals surface area contributed by atoms with Gasteiger partial charge >= 0.3 is 5.69 Å². The summed E-state index contributed by atoms with van der Waals surface area (Å²) in [7, 11) is -0.0702. The molecule has 0 spiro atoms. The Morgan fingerprint density at radius 1 is 1.24 bits per heavy atom. The first-order chi connectivity index (χ1) is 18.3. The zero-order chi connectivity index (χ0) is 27.7. The van der Waals surface area contributed by atoms with Crippen molar-refractivity contribution in [1.29, 1.82) is 0 Å². The van der Waals surface area contributed by atoms with Crippen molar-refractivity contribution in [2.24, 2.45) is 5.16 Å². The van der Waals surface area contributed by atoms with E-state index in [1.165, 1.54) is 23.9 Å². The number of ether oxygens (including phenoxy) is 3. The van der Waals surface area contributed by atoms with Crippen LogP contribution in [0.4, 0.5) is 0 Å². The van der Waals surface area contributed by atoms with E-state index in [1.807, 2.05) is 0 Å². The minimum Gasteiger partial charge on any atom is -0.393 e. The van der Waals surface area contributed by atoms with E-state index in [1.54, 1.807) is 0 Å². The monoisotopic (exact) mass is 554 g/mol. The van der Waals surface area contributed by atoms with Gasteiger partial charge in [-0.1, -0.05) is 5.16 Å². The average molecular weight is 555 g/mol. The Morgan fingerprint density at radius 2 is 1.95 bits per heavy atom. The highest BCUT2D eigenvalue weighted by Crippen LogP contribution is 2.50. The van der Waals surface area contributed by atoms with Crippen molar-refractivity contribution in [3.63, 3.8) is 0 Å². The van der Waals surface area contributed by atoms with Crippen LogP contribution >= 0.6 is 8.53 Å². The Balaban J connectivity index is 1.90. The van der Waals surface area contributed by atoms with E-state index < -0.39 is 44.3 Å². The van der Waals surface area contributed by atoms with Gasteiger partial charge in [-0.25, -0.2) is 9.46 Å². The van der Waals surface area contributed by atoms with E-state index in [4.69, 9.17) is 34.5 Å². The summed E-state index contributed by atoms with van der Waals surface area (Å²) in [6.45, 7) is 9.85. The van der Waals surface area contributed by atoms with Gasteiger partial charge < -0.3 is 28.1 Å². The molecule has 38 heavy (non-hydrogen) atoms. The number of aromatic nitrogens is 2. The highest BCUT2D eigenvalue weighted by Gasteiger charge is 2.50. The molecule has 0 bridgehead atoms. The zero-order valence-corrected chi connectivity index (χ0v) is 23.6. The van der Waals surface area contributed by atoms with E-state index >= 15 is 0 Å². The molecule has 5 atom stereocenters. The number of terminal acetylenes is 1. The van der Waals surface area contributed by atoms with Crippen molar-refractivity contribution in [2.45, 2.75) is 83.6 Å². The summed E-state index contributed by atoms with van der Waals surface area (Å²) in [4.78, 5) is 32.2. The standard InChI is InChI=1S/C25H39N4O8P/c1-7-8-13-35-38(29(17(2)3)18(4)5)37-22-20(16-34-27-19-10-14-33-15-11-19)36-24(23(22)32-6)28-12-9-21(30)26-25(28)31/h1,9,12,17-18,20,22-24H,8,10-11,13-16H2,2-6H3,(H,26,30,31)/t20-,22?,23?,24-,38?/m1/s1. The Hall–Kier alpha value is -2.10. The summed E-state index contributed by atoms with van der Waals surface area (Å²) < 4.78 is 33.7. The number of hydrogen-bond acceptors (Lipinski definition) is 10. The van der Waals surface area contributed by atoms with Crippen LogP contribution in [0.2, 0.25) is 0 Å². The molecule has 3 unspecified atom stereocenters. The molecule has 3 heterocycles. The smallest absolute Gasteiger partial charge is 0.330 e. The number of methoxy groups -OCH3 is 1. The first-order valence-corrected chi connectivity index (χ1v) is 14.0. The minimum atomic E-state index is -1.59. The lowest BCUT2D eigenvalue weighted by Gasteiger charge is -2.38. The number of nitrogens with zero attached hydrogens (tertiary/aromatic N) is 3. The lowest BCUT2D eigenvalue weighted by atomic mass is 10.1. The maximum Gasteiger partial charge on any atom is 0.330 e. The Labute approximate surface area is 224 Å². The van der Waals surface area contributed by atoms with Crippen LogP contribution in [0, 0.1) is 12.3 Å². The molecule has 1 N–H and O–H groups in total. The molecule has 0 saturated carbocycles. The predicted octanol–water partition coefficient (Wildman–Crippen LogP) is 2.40. The van der Waals surface area contributed by atoms with Crippen molar-refractivity contribution in [3.05, 3.63) is 33.1 Å². The number of oxime groups is 1. The molecule has 0 aromatic carbocycles.